The zero-order valence-corrected chi connectivity index (χ0v) is 21.2. The number of carboxylic acid groups (broad SMARTS) is 1. The lowest BCUT2D eigenvalue weighted by Gasteiger charge is -2.30. The summed E-state index contributed by atoms with van der Waals surface area (Å²) in [4.78, 5) is 26.7. The maximum atomic E-state index is 13.5. The molecule has 0 unspecified atom stereocenters. The maximum Gasteiger partial charge on any atom is 0.339 e. The summed E-state index contributed by atoms with van der Waals surface area (Å²) in [5.41, 5.74) is 1.54. The zero-order chi connectivity index (χ0) is 26.2. The number of carbonyl (C=O) groups excluding carboxylic acids is 1. The quantitative estimate of drug-likeness (QED) is 0.375. The summed E-state index contributed by atoms with van der Waals surface area (Å²) in [5, 5.41) is 9.58. The summed E-state index contributed by atoms with van der Waals surface area (Å²) in [7, 11) is 4.56. The van der Waals surface area contributed by atoms with Gasteiger partial charge in [-0.3, -0.25) is 4.79 Å². The molecule has 9 heteroatoms. The Kier molecular flexibility index (Phi) is 9.02. The molecule has 0 spiro atoms. The van der Waals surface area contributed by atoms with E-state index in [1.165, 1.54) is 39.5 Å². The number of ether oxygens (including phenoxy) is 4. The Labute approximate surface area is 214 Å². The third-order valence-electron chi connectivity index (χ3n) is 5.68. The van der Waals surface area contributed by atoms with Crippen molar-refractivity contribution in [1.82, 2.24) is 4.90 Å². The lowest BCUT2D eigenvalue weighted by atomic mass is 10.1. The second-order valence-corrected chi connectivity index (χ2v) is 8.26. The lowest BCUT2D eigenvalue weighted by Crippen LogP contribution is -2.36. The highest BCUT2D eigenvalue weighted by Gasteiger charge is 2.25. The van der Waals surface area contributed by atoms with Gasteiger partial charge in [0, 0.05) is 6.54 Å². The Morgan fingerprint density at radius 3 is 2.11 bits per heavy atom. The summed E-state index contributed by atoms with van der Waals surface area (Å²) in [6.07, 6.45) is 0. The Balaban J connectivity index is 1.94. The Bertz CT molecular complexity index is 1190. The summed E-state index contributed by atoms with van der Waals surface area (Å²) in [6, 6.07) is 17.2. The van der Waals surface area contributed by atoms with Gasteiger partial charge < -0.3 is 29.0 Å². The smallest absolute Gasteiger partial charge is 0.339 e. The second kappa shape index (κ2) is 12.2. The van der Waals surface area contributed by atoms with Crippen LogP contribution in [0, 0.1) is 0 Å². The molecule has 0 fully saturated rings. The molecule has 8 nitrogen and oxygen atoms in total. The topological polar surface area (TPSA) is 94.5 Å². The molecule has 0 aromatic heterocycles. The highest BCUT2D eigenvalue weighted by molar-refractivity contribution is 6.32. The van der Waals surface area contributed by atoms with Crippen LogP contribution in [0.1, 0.15) is 34.5 Å². The van der Waals surface area contributed by atoms with Gasteiger partial charge in [0.2, 0.25) is 5.75 Å². The summed E-state index contributed by atoms with van der Waals surface area (Å²) in [6.45, 7) is 1.69. The second-order valence-electron chi connectivity index (χ2n) is 7.85. The van der Waals surface area contributed by atoms with Crippen LogP contribution in [0.4, 0.5) is 0 Å². The van der Waals surface area contributed by atoms with Crippen LogP contribution in [0.25, 0.3) is 0 Å². The largest absolute Gasteiger partial charge is 0.493 e. The molecular formula is C27H28ClNO7. The molecule has 0 bridgehead atoms. The summed E-state index contributed by atoms with van der Waals surface area (Å²) >= 11 is 6.17. The predicted octanol–water partition coefficient (Wildman–Crippen LogP) is 5.23. The third kappa shape index (κ3) is 6.01. The number of hydrogen-bond donors (Lipinski definition) is 1. The lowest BCUT2D eigenvalue weighted by molar-refractivity contribution is -0.136. The minimum atomic E-state index is -1.20. The van der Waals surface area contributed by atoms with E-state index >= 15 is 0 Å². The molecule has 1 N–H and O–H groups in total. The number of methoxy groups -OCH3 is 3. The maximum absolute atomic E-state index is 13.5. The van der Waals surface area contributed by atoms with Crippen molar-refractivity contribution in [2.45, 2.75) is 19.5 Å². The van der Waals surface area contributed by atoms with Crippen LogP contribution in [0.5, 0.6) is 23.0 Å². The van der Waals surface area contributed by atoms with Gasteiger partial charge in [-0.2, -0.15) is 0 Å². The van der Waals surface area contributed by atoms with Crippen LogP contribution in [-0.4, -0.2) is 49.8 Å². The van der Waals surface area contributed by atoms with E-state index in [2.05, 4.69) is 0 Å². The monoisotopic (exact) mass is 513 g/mol. The van der Waals surface area contributed by atoms with Crippen molar-refractivity contribution in [2.75, 3.05) is 27.9 Å². The molecule has 0 saturated carbocycles. The number of halogens is 1. The van der Waals surface area contributed by atoms with Gasteiger partial charge in [0.05, 0.1) is 32.4 Å². The van der Waals surface area contributed by atoms with Crippen LogP contribution in [0.3, 0.4) is 0 Å². The predicted molar refractivity (Wildman–Crippen MR) is 135 cm³/mol. The molecule has 36 heavy (non-hydrogen) atoms. The molecule has 0 heterocycles. The van der Waals surface area contributed by atoms with Crippen LogP contribution in [-0.2, 0) is 11.3 Å². The highest BCUT2D eigenvalue weighted by atomic mass is 35.5. The average molecular weight is 514 g/mol. The van der Waals surface area contributed by atoms with Crippen molar-refractivity contribution in [2.24, 2.45) is 0 Å². The molecule has 0 aliphatic heterocycles. The van der Waals surface area contributed by atoms with E-state index in [9.17, 15) is 14.7 Å². The van der Waals surface area contributed by atoms with Gasteiger partial charge in [0.25, 0.3) is 5.91 Å². The summed E-state index contributed by atoms with van der Waals surface area (Å²) in [5.74, 6) is -0.251. The number of para-hydroxylation sites is 1. The fourth-order valence-electron chi connectivity index (χ4n) is 3.82. The van der Waals surface area contributed by atoms with Gasteiger partial charge in [-0.1, -0.05) is 48.0 Å². The first-order chi connectivity index (χ1) is 17.3. The molecule has 3 rings (SSSR count). The first kappa shape index (κ1) is 26.7. The molecule has 0 radical (unpaired) electrons. The number of carbonyl (C=O) groups is 2. The normalized spacial score (nSPS) is 11.4. The fraction of sp³-hybridized carbons (Fsp3) is 0.259. The molecule has 1 atom stereocenters. The zero-order valence-electron chi connectivity index (χ0n) is 20.5. The van der Waals surface area contributed by atoms with Gasteiger partial charge in [-0.15, -0.1) is 0 Å². The average Bonchev–Trinajstić information content (AvgIpc) is 2.89. The van der Waals surface area contributed by atoms with E-state index in [4.69, 9.17) is 30.5 Å². The van der Waals surface area contributed by atoms with E-state index in [0.29, 0.717) is 17.2 Å². The van der Waals surface area contributed by atoms with Crippen LogP contribution in [0.2, 0.25) is 5.02 Å². The molecule has 3 aromatic rings. The van der Waals surface area contributed by atoms with Crippen LogP contribution >= 0.6 is 11.6 Å². The van der Waals surface area contributed by atoms with E-state index in [0.717, 1.165) is 11.1 Å². The van der Waals surface area contributed by atoms with Gasteiger partial charge >= 0.3 is 5.97 Å². The molecule has 190 valence electrons. The van der Waals surface area contributed by atoms with E-state index in [1.807, 2.05) is 37.3 Å². The molecular weight excluding hydrogens is 486 g/mol. The van der Waals surface area contributed by atoms with Crippen LogP contribution < -0.4 is 18.9 Å². The van der Waals surface area contributed by atoms with Crippen molar-refractivity contribution in [3.05, 3.63) is 82.4 Å². The van der Waals surface area contributed by atoms with Crippen molar-refractivity contribution >= 4 is 23.5 Å². The molecule has 0 aliphatic carbocycles. The van der Waals surface area contributed by atoms with E-state index < -0.39 is 12.6 Å². The minimum Gasteiger partial charge on any atom is -0.493 e. The van der Waals surface area contributed by atoms with Gasteiger partial charge in [0.15, 0.2) is 23.9 Å². The molecule has 3 aromatic carbocycles. The Morgan fingerprint density at radius 1 is 0.917 bits per heavy atom. The van der Waals surface area contributed by atoms with Gasteiger partial charge in [-0.25, -0.2) is 4.79 Å². The van der Waals surface area contributed by atoms with Crippen molar-refractivity contribution in [1.29, 1.82) is 0 Å². The van der Waals surface area contributed by atoms with Crippen molar-refractivity contribution in [3.8, 4) is 23.0 Å². The Morgan fingerprint density at radius 2 is 1.56 bits per heavy atom. The van der Waals surface area contributed by atoms with E-state index in [1.54, 1.807) is 17.0 Å². The number of rotatable bonds is 11. The van der Waals surface area contributed by atoms with Gasteiger partial charge in [0.1, 0.15) is 5.56 Å². The number of aromatic carboxylic acids is 1. The van der Waals surface area contributed by atoms with Crippen molar-refractivity contribution in [3.63, 3.8) is 0 Å². The summed E-state index contributed by atoms with van der Waals surface area (Å²) < 4.78 is 22.0. The number of benzene rings is 3. The van der Waals surface area contributed by atoms with Crippen LogP contribution in [0.15, 0.2) is 60.7 Å². The first-order valence-electron chi connectivity index (χ1n) is 11.1. The number of hydrogen-bond acceptors (Lipinski definition) is 6. The first-order valence-corrected chi connectivity index (χ1v) is 11.5. The number of carboxylic acids is 1. The van der Waals surface area contributed by atoms with Crippen molar-refractivity contribution < 1.29 is 33.6 Å². The third-order valence-corrected chi connectivity index (χ3v) is 5.98. The number of nitrogens with zero attached hydrogens (tertiary/aromatic N) is 1. The number of amides is 1. The molecule has 0 aliphatic rings. The fourth-order valence-corrected chi connectivity index (χ4v) is 4.05. The SMILES string of the molecule is COc1cc(CN(C(=O)COc2c(Cl)cccc2C(=O)O)[C@@H](C)c2ccccc2)cc(OC)c1OC. The highest BCUT2D eigenvalue weighted by Crippen LogP contribution is 2.39. The molecule has 0 saturated heterocycles. The van der Waals surface area contributed by atoms with E-state index in [-0.39, 0.29) is 34.8 Å². The van der Waals surface area contributed by atoms with Gasteiger partial charge in [-0.05, 0) is 42.3 Å². The standard InChI is InChI=1S/C27H28ClNO7/c1-17(19-9-6-5-7-10-19)29(15-18-13-22(33-2)26(35-4)23(14-18)34-3)24(30)16-36-25-20(27(31)32)11-8-12-21(25)28/h5-14,17H,15-16H2,1-4H3,(H,31,32)/t17-/m0/s1. The Hall–Kier alpha value is -3.91. The minimum absolute atomic E-state index is 0.0554. The molecule has 1 amide bonds.